The Labute approximate surface area is 113 Å². The lowest BCUT2D eigenvalue weighted by Crippen LogP contribution is -2.53. The first-order chi connectivity index (χ1) is 9.05. The van der Waals surface area contributed by atoms with Crippen molar-refractivity contribution in [2.24, 2.45) is 5.92 Å². The van der Waals surface area contributed by atoms with E-state index >= 15 is 0 Å². The topological polar surface area (TPSA) is 45.0 Å². The van der Waals surface area contributed by atoms with E-state index in [2.05, 4.69) is 11.4 Å². The van der Waals surface area contributed by atoms with E-state index in [0.717, 1.165) is 12.8 Å². The van der Waals surface area contributed by atoms with Gasteiger partial charge < -0.3 is 4.74 Å². The molecule has 1 atom stereocenters. The molecule has 3 nitrogen and oxygen atoms in total. The zero-order valence-corrected chi connectivity index (χ0v) is 11.3. The summed E-state index contributed by atoms with van der Waals surface area (Å²) in [7, 11) is 0. The number of halogens is 1. The van der Waals surface area contributed by atoms with Crippen LogP contribution in [0.15, 0.2) is 24.3 Å². The molecular formula is C15H19FN2O. The molecule has 0 saturated heterocycles. The second kappa shape index (κ2) is 5.58. The highest BCUT2D eigenvalue weighted by molar-refractivity contribution is 5.24. The zero-order valence-electron chi connectivity index (χ0n) is 11.3. The number of nitrogens with zero attached hydrogens (tertiary/aromatic N) is 1. The van der Waals surface area contributed by atoms with Crippen LogP contribution < -0.4 is 10.1 Å². The molecule has 1 N–H and O–H groups in total. The predicted octanol–water partition coefficient (Wildman–Crippen LogP) is 2.87. The van der Waals surface area contributed by atoms with Crippen LogP contribution in [0.2, 0.25) is 0 Å². The van der Waals surface area contributed by atoms with Crippen molar-refractivity contribution in [2.45, 2.75) is 38.3 Å². The Morgan fingerprint density at radius 3 is 2.79 bits per heavy atom. The molecule has 1 aromatic rings. The first-order valence-electron chi connectivity index (χ1n) is 6.63. The van der Waals surface area contributed by atoms with Crippen LogP contribution in [0.1, 0.15) is 26.7 Å². The Kier molecular flexibility index (Phi) is 4.06. The Balaban J connectivity index is 2.06. The van der Waals surface area contributed by atoms with Crippen molar-refractivity contribution in [3.8, 4) is 11.8 Å². The minimum Gasteiger partial charge on any atom is -0.490 e. The Morgan fingerprint density at radius 2 is 2.26 bits per heavy atom. The molecule has 1 aromatic carbocycles. The molecule has 0 radical (unpaired) electrons. The van der Waals surface area contributed by atoms with E-state index in [4.69, 9.17) is 4.74 Å². The molecule has 0 spiro atoms. The molecule has 1 fully saturated rings. The van der Waals surface area contributed by atoms with E-state index in [1.54, 1.807) is 12.1 Å². The summed E-state index contributed by atoms with van der Waals surface area (Å²) in [4.78, 5) is 0. The van der Waals surface area contributed by atoms with E-state index in [1.807, 2.05) is 13.8 Å². The number of ether oxygens (including phenoxy) is 1. The predicted molar refractivity (Wildman–Crippen MR) is 71.2 cm³/mol. The summed E-state index contributed by atoms with van der Waals surface area (Å²) in [6.45, 7) is 4.27. The van der Waals surface area contributed by atoms with Crippen LogP contribution in [0, 0.1) is 23.1 Å². The molecule has 4 heteroatoms. The maximum Gasteiger partial charge on any atom is 0.144 e. The highest BCUT2D eigenvalue weighted by Gasteiger charge is 2.46. The maximum atomic E-state index is 13.1. The zero-order chi connectivity index (χ0) is 13.9. The van der Waals surface area contributed by atoms with Gasteiger partial charge in [-0.15, -0.1) is 0 Å². The van der Waals surface area contributed by atoms with Crippen LogP contribution in [0.4, 0.5) is 4.39 Å². The summed E-state index contributed by atoms with van der Waals surface area (Å²) < 4.78 is 18.7. The molecule has 1 saturated carbocycles. The van der Waals surface area contributed by atoms with Crippen molar-refractivity contribution in [3.63, 3.8) is 0 Å². The lowest BCUT2D eigenvalue weighted by Gasteiger charge is -2.30. The fraction of sp³-hybridized carbons (Fsp3) is 0.533. The van der Waals surface area contributed by atoms with Crippen molar-refractivity contribution in [1.82, 2.24) is 5.32 Å². The van der Waals surface area contributed by atoms with Gasteiger partial charge in [0.1, 0.15) is 23.7 Å². The van der Waals surface area contributed by atoms with Crippen LogP contribution in [-0.4, -0.2) is 18.2 Å². The fourth-order valence-electron chi connectivity index (χ4n) is 2.28. The van der Waals surface area contributed by atoms with Gasteiger partial charge in [0.25, 0.3) is 0 Å². The van der Waals surface area contributed by atoms with Gasteiger partial charge in [0.2, 0.25) is 0 Å². The summed E-state index contributed by atoms with van der Waals surface area (Å²) in [6.07, 6.45) is 2.08. The number of nitrogens with one attached hydrogen (secondary N) is 1. The highest BCUT2D eigenvalue weighted by atomic mass is 19.1. The summed E-state index contributed by atoms with van der Waals surface area (Å²) in [5.74, 6) is 0.461. The molecule has 0 amide bonds. The Bertz CT molecular complexity index is 479. The SMILES string of the molecule is CC(C)NC(C#N)(COc1cccc(F)c1)C1CC1. The maximum absolute atomic E-state index is 13.1. The van der Waals surface area contributed by atoms with Crippen molar-refractivity contribution in [3.05, 3.63) is 30.1 Å². The lowest BCUT2D eigenvalue weighted by atomic mass is 9.95. The third-order valence-corrected chi connectivity index (χ3v) is 3.28. The molecular weight excluding hydrogens is 243 g/mol. The van der Waals surface area contributed by atoms with Gasteiger partial charge in [-0.1, -0.05) is 6.07 Å². The normalized spacial score (nSPS) is 17.8. The van der Waals surface area contributed by atoms with Crippen molar-refractivity contribution in [1.29, 1.82) is 5.26 Å². The van der Waals surface area contributed by atoms with Crippen LogP contribution in [0.5, 0.6) is 5.75 Å². The molecule has 0 bridgehead atoms. The fourth-order valence-corrected chi connectivity index (χ4v) is 2.28. The standard InChI is InChI=1S/C15H19FN2O/c1-11(2)18-15(9-17,12-6-7-12)10-19-14-5-3-4-13(16)8-14/h3-5,8,11-12,18H,6-7,10H2,1-2H3. The summed E-state index contributed by atoms with van der Waals surface area (Å²) in [6, 6.07) is 8.58. The van der Waals surface area contributed by atoms with Crippen molar-refractivity contribution in [2.75, 3.05) is 6.61 Å². The second-order valence-corrected chi connectivity index (χ2v) is 5.40. The van der Waals surface area contributed by atoms with Crippen molar-refractivity contribution < 1.29 is 9.13 Å². The monoisotopic (exact) mass is 262 g/mol. The van der Waals surface area contributed by atoms with Gasteiger partial charge in [-0.2, -0.15) is 5.26 Å². The first-order valence-corrected chi connectivity index (χ1v) is 6.63. The average molecular weight is 262 g/mol. The second-order valence-electron chi connectivity index (χ2n) is 5.40. The molecule has 2 rings (SSSR count). The lowest BCUT2D eigenvalue weighted by molar-refractivity contribution is 0.192. The molecule has 1 aliphatic rings. The highest BCUT2D eigenvalue weighted by Crippen LogP contribution is 2.40. The van der Waals surface area contributed by atoms with Crippen LogP contribution in [0.3, 0.4) is 0 Å². The number of hydrogen-bond donors (Lipinski definition) is 1. The smallest absolute Gasteiger partial charge is 0.144 e. The van der Waals surface area contributed by atoms with E-state index in [9.17, 15) is 9.65 Å². The summed E-state index contributed by atoms with van der Waals surface area (Å²) in [5, 5.41) is 12.8. The molecule has 102 valence electrons. The van der Waals surface area contributed by atoms with E-state index in [-0.39, 0.29) is 18.5 Å². The van der Waals surface area contributed by atoms with E-state index < -0.39 is 5.54 Å². The van der Waals surface area contributed by atoms with E-state index in [0.29, 0.717) is 11.7 Å². The molecule has 1 unspecified atom stereocenters. The largest absolute Gasteiger partial charge is 0.490 e. The van der Waals surface area contributed by atoms with Gasteiger partial charge in [0.05, 0.1) is 6.07 Å². The van der Waals surface area contributed by atoms with Crippen LogP contribution in [0.25, 0.3) is 0 Å². The van der Waals surface area contributed by atoms with E-state index in [1.165, 1.54) is 12.1 Å². The van der Waals surface area contributed by atoms with Gasteiger partial charge in [-0.3, -0.25) is 5.32 Å². The molecule has 1 aliphatic carbocycles. The van der Waals surface area contributed by atoms with Gasteiger partial charge in [-0.25, -0.2) is 4.39 Å². The van der Waals surface area contributed by atoms with Gasteiger partial charge in [-0.05, 0) is 44.7 Å². The summed E-state index contributed by atoms with van der Waals surface area (Å²) in [5.41, 5.74) is -0.666. The Hall–Kier alpha value is -1.60. The number of rotatable bonds is 6. The molecule has 19 heavy (non-hydrogen) atoms. The number of nitriles is 1. The molecule has 0 aromatic heterocycles. The summed E-state index contributed by atoms with van der Waals surface area (Å²) >= 11 is 0. The van der Waals surface area contributed by atoms with Gasteiger partial charge in [0, 0.05) is 12.1 Å². The quantitative estimate of drug-likeness (QED) is 0.857. The third kappa shape index (κ3) is 3.45. The van der Waals surface area contributed by atoms with Gasteiger partial charge in [0.15, 0.2) is 0 Å². The van der Waals surface area contributed by atoms with Crippen LogP contribution in [-0.2, 0) is 0 Å². The first kappa shape index (κ1) is 13.8. The molecule has 0 heterocycles. The minimum absolute atomic E-state index is 0.205. The Morgan fingerprint density at radius 1 is 1.53 bits per heavy atom. The van der Waals surface area contributed by atoms with Crippen LogP contribution >= 0.6 is 0 Å². The third-order valence-electron chi connectivity index (χ3n) is 3.28. The van der Waals surface area contributed by atoms with Gasteiger partial charge >= 0.3 is 0 Å². The number of hydrogen-bond acceptors (Lipinski definition) is 3. The average Bonchev–Trinajstić information content (AvgIpc) is 3.19. The minimum atomic E-state index is -0.666. The molecule has 0 aliphatic heterocycles. The number of benzene rings is 1. The van der Waals surface area contributed by atoms with Crippen molar-refractivity contribution >= 4 is 0 Å².